The smallest absolute Gasteiger partial charge is 0.199 e. The van der Waals surface area contributed by atoms with Gasteiger partial charge in [0.15, 0.2) is 11.5 Å². The van der Waals surface area contributed by atoms with Crippen molar-refractivity contribution < 1.29 is 4.42 Å². The van der Waals surface area contributed by atoms with E-state index in [1.807, 2.05) is 42.6 Å². The third-order valence-electron chi connectivity index (χ3n) is 2.42. The van der Waals surface area contributed by atoms with E-state index in [9.17, 15) is 0 Å². The lowest BCUT2D eigenvalue weighted by molar-refractivity contribution is 0.544. The largest absolute Gasteiger partial charge is 0.440 e. The quantitative estimate of drug-likeness (QED) is 0.652. The van der Waals surface area contributed by atoms with Crippen molar-refractivity contribution in [2.75, 3.05) is 0 Å². The van der Waals surface area contributed by atoms with Crippen molar-refractivity contribution in [1.82, 2.24) is 9.97 Å². The first-order valence-corrected chi connectivity index (χ1v) is 5.15. The molecule has 0 saturated carbocycles. The Morgan fingerprint density at radius 1 is 1.06 bits per heavy atom. The Labute approximate surface area is 92.8 Å². The normalized spacial score (nSPS) is 10.8. The van der Waals surface area contributed by atoms with Crippen molar-refractivity contribution in [2.45, 2.75) is 6.42 Å². The molecule has 0 fully saturated rings. The minimum atomic E-state index is 0.683. The van der Waals surface area contributed by atoms with Crippen molar-refractivity contribution in [1.29, 1.82) is 0 Å². The summed E-state index contributed by atoms with van der Waals surface area (Å²) in [6, 6.07) is 11.7. The maximum Gasteiger partial charge on any atom is 0.199 e. The first kappa shape index (κ1) is 9.09. The van der Waals surface area contributed by atoms with Gasteiger partial charge in [-0.15, -0.1) is 0 Å². The van der Waals surface area contributed by atoms with Gasteiger partial charge in [0.2, 0.25) is 0 Å². The zero-order chi connectivity index (χ0) is 10.8. The zero-order valence-electron chi connectivity index (χ0n) is 8.63. The van der Waals surface area contributed by atoms with Gasteiger partial charge in [-0.1, -0.05) is 18.2 Å². The molecule has 0 N–H and O–H groups in total. The Morgan fingerprint density at radius 3 is 2.81 bits per heavy atom. The summed E-state index contributed by atoms with van der Waals surface area (Å²) in [5.41, 5.74) is 2.84. The number of para-hydroxylation sites is 2. The molecule has 0 unspecified atom stereocenters. The van der Waals surface area contributed by atoms with Crippen LogP contribution in [0.2, 0.25) is 0 Å². The van der Waals surface area contributed by atoms with Crippen molar-refractivity contribution in [3.63, 3.8) is 0 Å². The maximum absolute atomic E-state index is 5.63. The van der Waals surface area contributed by atoms with E-state index in [0.29, 0.717) is 6.42 Å². The van der Waals surface area contributed by atoms with Crippen LogP contribution in [0.4, 0.5) is 0 Å². The number of hydrogen-bond acceptors (Lipinski definition) is 3. The molecule has 0 saturated heterocycles. The summed E-state index contributed by atoms with van der Waals surface area (Å²) in [5.74, 6) is 0.731. The van der Waals surface area contributed by atoms with Gasteiger partial charge in [0.1, 0.15) is 5.52 Å². The molecule has 0 spiro atoms. The third-order valence-corrected chi connectivity index (χ3v) is 2.42. The Morgan fingerprint density at radius 2 is 2.00 bits per heavy atom. The van der Waals surface area contributed by atoms with E-state index in [1.54, 1.807) is 6.20 Å². The standard InChI is InChI=1S/C13H10N2O/c1-2-6-12-11(5-1)15-13(16-12)8-10-4-3-7-14-9-10/h1-7,9H,8H2. The first-order chi connectivity index (χ1) is 7.92. The number of aromatic nitrogens is 2. The molecular weight excluding hydrogens is 200 g/mol. The summed E-state index contributed by atoms with van der Waals surface area (Å²) in [6.07, 6.45) is 4.27. The van der Waals surface area contributed by atoms with Crippen LogP contribution >= 0.6 is 0 Å². The summed E-state index contributed by atoms with van der Waals surface area (Å²) in [4.78, 5) is 8.48. The molecule has 3 rings (SSSR count). The second-order valence-corrected chi connectivity index (χ2v) is 3.61. The lowest BCUT2D eigenvalue weighted by Gasteiger charge is -1.94. The summed E-state index contributed by atoms with van der Waals surface area (Å²) in [5, 5.41) is 0. The maximum atomic E-state index is 5.63. The predicted octanol–water partition coefficient (Wildman–Crippen LogP) is 2.81. The summed E-state index contributed by atoms with van der Waals surface area (Å²) in [7, 11) is 0. The first-order valence-electron chi connectivity index (χ1n) is 5.15. The Kier molecular flexibility index (Phi) is 2.14. The number of nitrogens with zero attached hydrogens (tertiary/aromatic N) is 2. The van der Waals surface area contributed by atoms with Crippen molar-refractivity contribution >= 4 is 11.1 Å². The molecule has 0 aliphatic carbocycles. The Balaban J connectivity index is 1.95. The molecular formula is C13H10N2O. The van der Waals surface area contributed by atoms with Crippen LogP contribution in [0.25, 0.3) is 11.1 Å². The number of oxazole rings is 1. The Hall–Kier alpha value is -2.16. The van der Waals surface area contributed by atoms with E-state index in [0.717, 1.165) is 22.6 Å². The second kappa shape index (κ2) is 3.77. The fraction of sp³-hybridized carbons (Fsp3) is 0.0769. The lowest BCUT2D eigenvalue weighted by Crippen LogP contribution is -1.88. The Bertz CT molecular complexity index is 568. The van der Waals surface area contributed by atoms with Crippen LogP contribution < -0.4 is 0 Å². The van der Waals surface area contributed by atoms with Gasteiger partial charge < -0.3 is 4.42 Å². The average Bonchev–Trinajstić information content (AvgIpc) is 2.72. The van der Waals surface area contributed by atoms with Gasteiger partial charge >= 0.3 is 0 Å². The fourth-order valence-electron chi connectivity index (χ4n) is 1.67. The zero-order valence-corrected chi connectivity index (χ0v) is 8.63. The highest BCUT2D eigenvalue weighted by atomic mass is 16.3. The minimum absolute atomic E-state index is 0.683. The van der Waals surface area contributed by atoms with Crippen LogP contribution in [0.15, 0.2) is 53.2 Å². The molecule has 78 valence electrons. The van der Waals surface area contributed by atoms with Crippen LogP contribution in [-0.4, -0.2) is 9.97 Å². The van der Waals surface area contributed by atoms with Gasteiger partial charge in [-0.2, -0.15) is 0 Å². The van der Waals surface area contributed by atoms with E-state index in [2.05, 4.69) is 9.97 Å². The van der Waals surface area contributed by atoms with Gasteiger partial charge in [-0.25, -0.2) is 4.98 Å². The fourth-order valence-corrected chi connectivity index (χ4v) is 1.67. The SMILES string of the molecule is c1cncc(Cc2nc3ccccc3o2)c1. The van der Waals surface area contributed by atoms with Gasteiger partial charge in [0.05, 0.1) is 6.42 Å². The molecule has 0 amide bonds. The monoisotopic (exact) mass is 210 g/mol. The molecule has 0 aliphatic heterocycles. The number of benzene rings is 1. The minimum Gasteiger partial charge on any atom is -0.440 e. The number of rotatable bonds is 2. The molecule has 0 bridgehead atoms. The summed E-state index contributed by atoms with van der Waals surface area (Å²) < 4.78 is 5.63. The molecule has 3 nitrogen and oxygen atoms in total. The molecule has 0 radical (unpaired) electrons. The predicted molar refractivity (Wildman–Crippen MR) is 61.1 cm³/mol. The van der Waals surface area contributed by atoms with Gasteiger partial charge in [0, 0.05) is 12.4 Å². The van der Waals surface area contributed by atoms with E-state index in [4.69, 9.17) is 4.42 Å². The van der Waals surface area contributed by atoms with Crippen LogP contribution in [0.5, 0.6) is 0 Å². The molecule has 2 aromatic heterocycles. The van der Waals surface area contributed by atoms with Gasteiger partial charge in [-0.05, 0) is 23.8 Å². The van der Waals surface area contributed by atoms with Crippen LogP contribution in [0, 0.1) is 0 Å². The molecule has 3 aromatic rings. The molecule has 1 aromatic carbocycles. The van der Waals surface area contributed by atoms with Crippen LogP contribution in [0.1, 0.15) is 11.5 Å². The van der Waals surface area contributed by atoms with E-state index < -0.39 is 0 Å². The van der Waals surface area contributed by atoms with Crippen LogP contribution in [0.3, 0.4) is 0 Å². The third kappa shape index (κ3) is 1.67. The van der Waals surface area contributed by atoms with Crippen LogP contribution in [-0.2, 0) is 6.42 Å². The van der Waals surface area contributed by atoms with Gasteiger partial charge in [-0.3, -0.25) is 4.98 Å². The molecule has 0 atom stereocenters. The number of fused-ring (bicyclic) bond motifs is 1. The number of pyridine rings is 1. The topological polar surface area (TPSA) is 38.9 Å². The highest BCUT2D eigenvalue weighted by Gasteiger charge is 2.05. The van der Waals surface area contributed by atoms with E-state index >= 15 is 0 Å². The van der Waals surface area contributed by atoms with Crippen molar-refractivity contribution in [3.8, 4) is 0 Å². The van der Waals surface area contributed by atoms with Crippen molar-refractivity contribution in [2.24, 2.45) is 0 Å². The molecule has 3 heteroatoms. The molecule has 16 heavy (non-hydrogen) atoms. The van der Waals surface area contributed by atoms with E-state index in [1.165, 1.54) is 0 Å². The van der Waals surface area contributed by atoms with Crippen molar-refractivity contribution in [3.05, 3.63) is 60.2 Å². The summed E-state index contributed by atoms with van der Waals surface area (Å²) >= 11 is 0. The highest BCUT2D eigenvalue weighted by Crippen LogP contribution is 2.16. The summed E-state index contributed by atoms with van der Waals surface area (Å²) in [6.45, 7) is 0. The number of hydrogen-bond donors (Lipinski definition) is 0. The molecule has 2 heterocycles. The highest BCUT2D eigenvalue weighted by molar-refractivity contribution is 5.72. The molecule has 0 aliphatic rings. The average molecular weight is 210 g/mol. The van der Waals surface area contributed by atoms with E-state index in [-0.39, 0.29) is 0 Å². The second-order valence-electron chi connectivity index (χ2n) is 3.61. The lowest BCUT2D eigenvalue weighted by atomic mass is 10.2. The van der Waals surface area contributed by atoms with Gasteiger partial charge in [0.25, 0.3) is 0 Å².